The van der Waals surface area contributed by atoms with E-state index < -0.39 is 14.4 Å². The first-order valence-corrected chi connectivity index (χ1v) is 10.2. The Kier molecular flexibility index (Phi) is 38.8. The SMILES string of the molecule is C[CH-]C.Cc1ccn(C)c(=O)c1.Cn1cc[c-]cc1=O.Cn1ccc(B(O)O)cc1=O.OB(O)O.[Cl-].[Cl-].[Mg+2].[Mg+2]. The van der Waals surface area contributed by atoms with E-state index in [1.165, 1.54) is 33.5 Å². The topological polar surface area (TPSA) is 167 Å². The summed E-state index contributed by atoms with van der Waals surface area (Å²) in [5.41, 5.74) is 1.00. The Bertz CT molecular complexity index is 1160. The van der Waals surface area contributed by atoms with Gasteiger partial charge in [0.15, 0.2) is 0 Å². The van der Waals surface area contributed by atoms with Crippen molar-refractivity contribution in [3.63, 3.8) is 0 Å². The van der Waals surface area contributed by atoms with Gasteiger partial charge in [-0.25, -0.2) is 0 Å². The van der Waals surface area contributed by atoms with Gasteiger partial charge in [-0.3, -0.25) is 9.59 Å². The van der Waals surface area contributed by atoms with Crippen LogP contribution in [-0.4, -0.2) is 99.4 Å². The van der Waals surface area contributed by atoms with E-state index in [2.05, 4.69) is 6.07 Å². The Morgan fingerprint density at radius 1 is 0.744 bits per heavy atom. The Labute approximate surface area is 274 Å². The van der Waals surface area contributed by atoms with Crippen molar-refractivity contribution in [2.24, 2.45) is 21.1 Å². The molecule has 0 aliphatic carbocycles. The van der Waals surface area contributed by atoms with Crippen LogP contribution in [0.15, 0.2) is 69.4 Å². The fourth-order valence-electron chi connectivity index (χ4n) is 1.82. The van der Waals surface area contributed by atoms with Gasteiger partial charge in [0.05, 0.1) is 0 Å². The number of hydrogen-bond donors (Lipinski definition) is 5. The first-order chi connectivity index (χ1) is 16.3. The number of aromatic nitrogens is 3. The quantitative estimate of drug-likeness (QED) is 0.134. The molecule has 208 valence electrons. The smallest absolute Gasteiger partial charge is 1.00 e. The van der Waals surface area contributed by atoms with Crippen LogP contribution >= 0.6 is 0 Å². The molecule has 0 atom stereocenters. The van der Waals surface area contributed by atoms with E-state index in [1.807, 2.05) is 33.3 Å². The maximum absolute atomic E-state index is 10.9. The molecule has 39 heavy (non-hydrogen) atoms. The number of halogens is 2. The summed E-state index contributed by atoms with van der Waals surface area (Å²) in [6.07, 6.45) is 6.91. The molecule has 0 unspecified atom stereocenters. The number of nitrogens with zero attached hydrogens (tertiary/aromatic N) is 3. The van der Waals surface area contributed by atoms with Crippen molar-refractivity contribution in [1.29, 1.82) is 0 Å². The minimum atomic E-state index is -2.17. The molecule has 17 heteroatoms. The van der Waals surface area contributed by atoms with Crippen LogP contribution in [0.5, 0.6) is 0 Å². The second-order valence-corrected chi connectivity index (χ2v) is 6.94. The van der Waals surface area contributed by atoms with E-state index in [0.717, 1.165) is 5.56 Å². The van der Waals surface area contributed by atoms with Gasteiger partial charge in [-0.2, -0.15) is 26.0 Å². The molecule has 3 rings (SSSR count). The summed E-state index contributed by atoms with van der Waals surface area (Å²) in [7, 11) is 1.30. The van der Waals surface area contributed by atoms with Crippen LogP contribution < -0.4 is 47.0 Å². The Morgan fingerprint density at radius 3 is 1.41 bits per heavy atom. The molecule has 3 aromatic rings. The standard InChI is InChI=1S/C7H9NO.C6H8BNO3.C6H6NO.C3H7.BH3O3.2ClH.2Mg/c1-6-3-4-8(2)7(9)5-6;1-8-3-2-5(7(10)11)4-6(8)9;1-7-5-3-2-4-6(7)8;1-3-2;2-1(3)4;;;;/h3-5H,1-2H3;2-4,10-11H,1H3;3-5H,1H3;3H,1-2H3;2-4H;2*1H;;/q;;2*-1;;;;2*+2/p-2. The Balaban J connectivity index is -0.0000000901. The van der Waals surface area contributed by atoms with E-state index >= 15 is 0 Å². The average molecular weight is 609 g/mol. The molecule has 3 aromatic heterocycles. The second kappa shape index (κ2) is 29.9. The summed E-state index contributed by atoms with van der Waals surface area (Å²) in [4.78, 5) is 32.2. The summed E-state index contributed by atoms with van der Waals surface area (Å²) in [5, 5.41) is 38.8. The fraction of sp³-hybridized carbons (Fsp3) is 0.273. The van der Waals surface area contributed by atoms with Gasteiger partial charge in [0, 0.05) is 38.6 Å². The van der Waals surface area contributed by atoms with Crippen molar-refractivity contribution in [1.82, 2.24) is 13.7 Å². The first kappa shape index (κ1) is 50.7. The zero-order valence-electron chi connectivity index (χ0n) is 22.9. The van der Waals surface area contributed by atoms with Crippen LogP contribution in [0.25, 0.3) is 0 Å². The summed E-state index contributed by atoms with van der Waals surface area (Å²) in [6.45, 7) is 5.90. The molecule has 0 saturated carbocycles. The summed E-state index contributed by atoms with van der Waals surface area (Å²) in [6, 6.07) is 11.9. The minimum Gasteiger partial charge on any atom is -1.00 e. The average Bonchev–Trinajstić information content (AvgIpc) is 2.76. The molecule has 0 aliphatic heterocycles. The molecular formula is C22H33B2Cl2Mg2N3O8. The van der Waals surface area contributed by atoms with Gasteiger partial charge in [-0.15, -0.1) is 12.3 Å². The van der Waals surface area contributed by atoms with Crippen LogP contribution in [0, 0.1) is 19.4 Å². The molecule has 0 aliphatic rings. The fourth-order valence-corrected chi connectivity index (χ4v) is 1.82. The summed E-state index contributed by atoms with van der Waals surface area (Å²) >= 11 is 0. The predicted octanol–water partition coefficient (Wildman–Crippen LogP) is -8.63. The predicted molar refractivity (Wildman–Crippen MR) is 148 cm³/mol. The largest absolute Gasteiger partial charge is 2.00 e. The van der Waals surface area contributed by atoms with Gasteiger partial charge in [0.2, 0.25) is 5.56 Å². The third-order valence-corrected chi connectivity index (χ3v) is 3.64. The Morgan fingerprint density at radius 2 is 1.13 bits per heavy atom. The van der Waals surface area contributed by atoms with E-state index in [4.69, 9.17) is 25.1 Å². The molecule has 3 heterocycles. The van der Waals surface area contributed by atoms with Crippen molar-refractivity contribution in [3.8, 4) is 0 Å². The van der Waals surface area contributed by atoms with E-state index in [-0.39, 0.29) is 93.1 Å². The van der Waals surface area contributed by atoms with Gasteiger partial charge in [0.1, 0.15) is 5.56 Å². The maximum atomic E-state index is 10.9. The first-order valence-electron chi connectivity index (χ1n) is 10.2. The molecular weight excluding hydrogens is 575 g/mol. The maximum Gasteiger partial charge on any atom is 2.00 e. The van der Waals surface area contributed by atoms with Crippen molar-refractivity contribution < 1.29 is 49.9 Å². The summed E-state index contributed by atoms with van der Waals surface area (Å²) < 4.78 is 4.40. The molecule has 0 saturated heterocycles. The molecule has 0 bridgehead atoms. The molecule has 0 amide bonds. The monoisotopic (exact) mass is 607 g/mol. The van der Waals surface area contributed by atoms with Crippen LogP contribution in [0.1, 0.15) is 19.4 Å². The van der Waals surface area contributed by atoms with E-state index in [1.54, 1.807) is 50.2 Å². The Hall–Kier alpha value is -1.11. The van der Waals surface area contributed by atoms with Crippen LogP contribution in [0.4, 0.5) is 0 Å². The molecule has 0 fully saturated rings. The van der Waals surface area contributed by atoms with Crippen molar-refractivity contribution in [3.05, 3.63) is 104 Å². The number of hydrogen-bond acceptors (Lipinski definition) is 8. The zero-order valence-corrected chi connectivity index (χ0v) is 27.2. The normalized spacial score (nSPS) is 7.97. The molecule has 11 nitrogen and oxygen atoms in total. The van der Waals surface area contributed by atoms with Crippen LogP contribution in [0.3, 0.4) is 0 Å². The van der Waals surface area contributed by atoms with Gasteiger partial charge in [-0.1, -0.05) is 0 Å². The van der Waals surface area contributed by atoms with Crippen LogP contribution in [-0.2, 0) is 21.1 Å². The number of aryl methyl sites for hydroxylation is 4. The van der Waals surface area contributed by atoms with Crippen molar-refractivity contribution in [2.75, 3.05) is 0 Å². The second-order valence-electron chi connectivity index (χ2n) is 6.94. The molecule has 0 aromatic carbocycles. The number of pyridine rings is 3. The third kappa shape index (κ3) is 28.2. The van der Waals surface area contributed by atoms with Crippen molar-refractivity contribution >= 4 is 66.0 Å². The van der Waals surface area contributed by atoms with Gasteiger partial charge < -0.3 is 74.9 Å². The zero-order chi connectivity index (χ0) is 27.6. The molecule has 0 radical (unpaired) electrons. The van der Waals surface area contributed by atoms with E-state index in [0.29, 0.717) is 0 Å². The molecule has 5 N–H and O–H groups in total. The molecule has 0 spiro atoms. The van der Waals surface area contributed by atoms with Gasteiger partial charge >= 0.3 is 60.5 Å². The van der Waals surface area contributed by atoms with E-state index in [9.17, 15) is 14.4 Å². The number of rotatable bonds is 1. The van der Waals surface area contributed by atoms with Crippen molar-refractivity contribution in [2.45, 2.75) is 20.8 Å². The third-order valence-electron chi connectivity index (χ3n) is 3.64. The minimum absolute atomic E-state index is 0. The van der Waals surface area contributed by atoms with Gasteiger partial charge in [0.25, 0.3) is 5.56 Å². The van der Waals surface area contributed by atoms with Gasteiger partial charge in [-0.05, 0) is 37.1 Å². The van der Waals surface area contributed by atoms with Crippen LogP contribution in [0.2, 0.25) is 0 Å². The summed E-state index contributed by atoms with van der Waals surface area (Å²) in [5.74, 6) is 0.